The van der Waals surface area contributed by atoms with Crippen LogP contribution in [0.15, 0.2) is 47.7 Å². The second-order valence-corrected chi connectivity index (χ2v) is 7.67. The molecule has 3 aliphatic rings. The number of allylic oxidation sites excluding steroid dienone is 3. The Kier molecular flexibility index (Phi) is 4.98. The number of rotatable bonds is 5. The first-order valence-electron chi connectivity index (χ1n) is 10.3. The molecule has 2 N–H and O–H groups in total. The van der Waals surface area contributed by atoms with E-state index in [1.165, 1.54) is 16.8 Å². The number of ether oxygens (including phenoxy) is 2. The Bertz CT molecular complexity index is 1170. The number of para-hydroxylation sites is 1. The van der Waals surface area contributed by atoms with Crippen molar-refractivity contribution in [2.75, 3.05) is 33.4 Å². The van der Waals surface area contributed by atoms with Crippen molar-refractivity contribution in [1.29, 1.82) is 0 Å². The molecule has 5 rings (SSSR count). The molecule has 2 aromatic rings. The molecule has 2 heterocycles. The lowest BCUT2D eigenvalue weighted by molar-refractivity contribution is 0.0552. The zero-order chi connectivity index (χ0) is 20.7. The third-order valence-corrected chi connectivity index (χ3v) is 6.21. The van der Waals surface area contributed by atoms with Crippen molar-refractivity contribution in [1.82, 2.24) is 9.47 Å². The number of hydrogen-bond acceptors (Lipinski definition) is 5. The van der Waals surface area contributed by atoms with Crippen molar-refractivity contribution in [3.63, 3.8) is 0 Å². The van der Waals surface area contributed by atoms with Crippen LogP contribution < -0.4 is 15.3 Å². The monoisotopic (exact) mass is 406 g/mol. The minimum Gasteiger partial charge on any atom is -0.496 e. The molecule has 1 fully saturated rings. The van der Waals surface area contributed by atoms with Crippen LogP contribution >= 0.6 is 0 Å². The van der Waals surface area contributed by atoms with Gasteiger partial charge in [0.05, 0.1) is 38.0 Å². The van der Waals surface area contributed by atoms with Crippen LogP contribution in [0.25, 0.3) is 22.8 Å². The Hall–Kier alpha value is -2.80. The normalized spacial score (nSPS) is 17.8. The summed E-state index contributed by atoms with van der Waals surface area (Å²) >= 11 is 0. The third-order valence-electron chi connectivity index (χ3n) is 6.21. The summed E-state index contributed by atoms with van der Waals surface area (Å²) < 4.78 is 12.9. The Balaban J connectivity index is 1.70. The van der Waals surface area contributed by atoms with Crippen molar-refractivity contribution in [3.8, 4) is 16.9 Å². The van der Waals surface area contributed by atoms with Crippen molar-refractivity contribution in [2.45, 2.75) is 19.8 Å². The quantitative estimate of drug-likeness (QED) is 0.779. The number of morpholine rings is 1. The van der Waals surface area contributed by atoms with Crippen LogP contribution in [0.1, 0.15) is 12.1 Å². The van der Waals surface area contributed by atoms with E-state index in [4.69, 9.17) is 9.47 Å². The van der Waals surface area contributed by atoms with Crippen molar-refractivity contribution in [2.24, 2.45) is 0 Å². The molecule has 0 radical (unpaired) electrons. The molecular weight excluding hydrogens is 380 g/mol. The predicted molar refractivity (Wildman–Crippen MR) is 115 cm³/mol. The average molecular weight is 406 g/mol. The summed E-state index contributed by atoms with van der Waals surface area (Å²) in [5.41, 5.74) is 6.14. The molecule has 0 atom stereocenters. The number of hydrogen-bond donors (Lipinski definition) is 2. The van der Waals surface area contributed by atoms with Crippen LogP contribution in [0.2, 0.25) is 0 Å². The molecule has 2 aliphatic carbocycles. The summed E-state index contributed by atoms with van der Waals surface area (Å²) in [6.07, 6.45) is 7.47. The van der Waals surface area contributed by atoms with Gasteiger partial charge in [0.15, 0.2) is 0 Å². The summed E-state index contributed by atoms with van der Waals surface area (Å²) in [5.74, 6) is 0.750. The van der Waals surface area contributed by atoms with Gasteiger partial charge in [-0.15, -0.1) is 0 Å². The zero-order valence-electron chi connectivity index (χ0n) is 17.1. The van der Waals surface area contributed by atoms with Gasteiger partial charge >= 0.3 is 0 Å². The fourth-order valence-electron chi connectivity index (χ4n) is 4.82. The second kappa shape index (κ2) is 7.80. The van der Waals surface area contributed by atoms with Crippen molar-refractivity contribution >= 4 is 11.6 Å². The Labute approximate surface area is 175 Å². The van der Waals surface area contributed by atoms with Crippen LogP contribution in [0.3, 0.4) is 0 Å². The number of aliphatic hydroxyl groups excluding tert-OH is 2. The summed E-state index contributed by atoms with van der Waals surface area (Å²) in [6.45, 7) is 2.99. The van der Waals surface area contributed by atoms with E-state index >= 15 is 0 Å². The first-order valence-corrected chi connectivity index (χ1v) is 10.3. The molecule has 1 aromatic heterocycles. The van der Waals surface area contributed by atoms with E-state index in [9.17, 15) is 10.2 Å². The minimum atomic E-state index is -0.183. The highest BCUT2D eigenvalue weighted by molar-refractivity contribution is 5.88. The minimum absolute atomic E-state index is 0.157. The van der Waals surface area contributed by atoms with Gasteiger partial charge in [-0.3, -0.25) is 0 Å². The first kappa shape index (κ1) is 19.2. The smallest absolute Gasteiger partial charge is 0.126 e. The van der Waals surface area contributed by atoms with Gasteiger partial charge < -0.3 is 29.2 Å². The van der Waals surface area contributed by atoms with Gasteiger partial charge in [-0.2, -0.15) is 0 Å². The van der Waals surface area contributed by atoms with E-state index in [-0.39, 0.29) is 13.3 Å². The fraction of sp³-hybridized carbons (Fsp3) is 0.333. The maximum Gasteiger partial charge on any atom is 0.126 e. The maximum absolute atomic E-state index is 10.2. The Morgan fingerprint density at radius 3 is 2.63 bits per heavy atom. The van der Waals surface area contributed by atoms with Crippen LogP contribution in [0, 0.1) is 0 Å². The lowest BCUT2D eigenvalue weighted by atomic mass is 9.98. The Morgan fingerprint density at radius 1 is 1.10 bits per heavy atom. The van der Waals surface area contributed by atoms with Gasteiger partial charge in [0, 0.05) is 35.1 Å². The van der Waals surface area contributed by atoms with Crippen molar-refractivity contribution in [3.05, 3.63) is 63.9 Å². The molecule has 0 bridgehead atoms. The molecule has 0 amide bonds. The molecular formula is C24H26N2O4. The van der Waals surface area contributed by atoms with Crippen molar-refractivity contribution < 1.29 is 19.7 Å². The summed E-state index contributed by atoms with van der Waals surface area (Å²) in [7, 11) is 1.65. The van der Waals surface area contributed by atoms with E-state index in [1.54, 1.807) is 7.11 Å². The zero-order valence-corrected chi connectivity index (χ0v) is 17.1. The molecule has 0 spiro atoms. The van der Waals surface area contributed by atoms with Gasteiger partial charge in [0.1, 0.15) is 12.5 Å². The first-order chi connectivity index (χ1) is 14.8. The standard InChI is InChI=1S/C24H26N2O4/c1-29-22-5-3-2-4-19(22)23-20-13-16-12-17(25-8-10-30-11-9-25)6-7-18(16)24(20)26(15-28)21(23)14-27/h2-6,12-13,27-28H,7-11,14-15H2,1H3. The number of aromatic nitrogens is 1. The summed E-state index contributed by atoms with van der Waals surface area (Å²) in [5, 5.41) is 22.4. The molecule has 0 saturated carbocycles. The number of methoxy groups -OCH3 is 1. The van der Waals surface area contributed by atoms with E-state index in [0.29, 0.717) is 5.69 Å². The van der Waals surface area contributed by atoms with Gasteiger partial charge in [-0.1, -0.05) is 24.3 Å². The van der Waals surface area contributed by atoms with E-state index < -0.39 is 0 Å². The molecule has 30 heavy (non-hydrogen) atoms. The lowest BCUT2D eigenvalue weighted by Crippen LogP contribution is -2.35. The molecule has 1 saturated heterocycles. The van der Waals surface area contributed by atoms with Gasteiger partial charge in [-0.25, -0.2) is 0 Å². The van der Waals surface area contributed by atoms with Crippen LogP contribution in [-0.4, -0.2) is 53.1 Å². The number of benzene rings is 1. The molecule has 6 heteroatoms. The number of nitrogens with zero attached hydrogens (tertiary/aromatic N) is 2. The highest BCUT2D eigenvalue weighted by Gasteiger charge is 2.26. The molecule has 1 aliphatic heterocycles. The predicted octanol–water partition coefficient (Wildman–Crippen LogP) is 1.10. The molecule has 6 nitrogen and oxygen atoms in total. The van der Waals surface area contributed by atoms with E-state index in [2.05, 4.69) is 23.1 Å². The molecule has 1 aromatic carbocycles. The number of aliphatic hydroxyl groups is 2. The molecule has 156 valence electrons. The number of fused-ring (bicyclic) bond motifs is 2. The summed E-state index contributed by atoms with van der Waals surface area (Å²) in [4.78, 5) is 2.37. The average Bonchev–Trinajstić information content (AvgIpc) is 3.32. The fourth-order valence-corrected chi connectivity index (χ4v) is 4.82. The van der Waals surface area contributed by atoms with Gasteiger partial charge in [0.2, 0.25) is 0 Å². The van der Waals surface area contributed by atoms with Gasteiger partial charge in [-0.05, 0) is 35.8 Å². The van der Waals surface area contributed by atoms with Crippen LogP contribution in [0.5, 0.6) is 5.75 Å². The Morgan fingerprint density at radius 2 is 1.90 bits per heavy atom. The van der Waals surface area contributed by atoms with E-state index in [1.807, 2.05) is 28.8 Å². The highest BCUT2D eigenvalue weighted by atomic mass is 16.5. The van der Waals surface area contributed by atoms with E-state index in [0.717, 1.165) is 60.2 Å². The largest absolute Gasteiger partial charge is 0.496 e. The lowest BCUT2D eigenvalue weighted by Gasteiger charge is -2.31. The summed E-state index contributed by atoms with van der Waals surface area (Å²) in [6, 6.07) is 7.82. The molecule has 0 unspecified atom stereocenters. The SMILES string of the molecule is COc1ccccc1-c1c(CO)n(CO)c2c1=CC1=CC(N3CCOCC3)=CCC=21. The van der Waals surface area contributed by atoms with Crippen LogP contribution in [0.4, 0.5) is 0 Å². The van der Waals surface area contributed by atoms with Gasteiger partial charge in [0.25, 0.3) is 0 Å². The maximum atomic E-state index is 10.2. The second-order valence-electron chi connectivity index (χ2n) is 7.67. The topological polar surface area (TPSA) is 67.1 Å². The van der Waals surface area contributed by atoms with Crippen LogP contribution in [-0.2, 0) is 18.1 Å². The highest BCUT2D eigenvalue weighted by Crippen LogP contribution is 2.34. The third kappa shape index (κ3) is 2.91.